The molecule has 0 bridgehead atoms. The molecular weight excluding hydrogens is 484 g/mol. The molecule has 33 heavy (non-hydrogen) atoms. The van der Waals surface area contributed by atoms with E-state index in [2.05, 4.69) is 15.9 Å². The smallest absolute Gasteiger partial charge is 0.190 e. The molecule has 0 spiro atoms. The summed E-state index contributed by atoms with van der Waals surface area (Å²) >= 11 is 3.46. The molecule has 2 aliphatic carbocycles. The van der Waals surface area contributed by atoms with Gasteiger partial charge in [-0.2, -0.15) is 0 Å². The monoisotopic (exact) mass is 502 g/mol. The van der Waals surface area contributed by atoms with Crippen molar-refractivity contribution in [2.24, 2.45) is 0 Å². The Hall–Kier alpha value is -3.51. The van der Waals surface area contributed by atoms with Gasteiger partial charge in [-0.25, -0.2) is 0 Å². The van der Waals surface area contributed by atoms with Crippen molar-refractivity contribution in [1.82, 2.24) is 0 Å². The third kappa shape index (κ3) is 4.02. The topological polar surface area (TPSA) is 69.7 Å². The normalized spacial score (nSPS) is 16.9. The summed E-state index contributed by atoms with van der Waals surface area (Å²) in [6.45, 7) is 0.344. The number of fused-ring (bicyclic) bond motifs is 2. The van der Waals surface area contributed by atoms with Crippen molar-refractivity contribution >= 4 is 33.3 Å². The fourth-order valence-corrected chi connectivity index (χ4v) is 4.65. The molecular formula is C27H19BrO5. The average molecular weight is 503 g/mol. The minimum atomic E-state index is -0.463. The van der Waals surface area contributed by atoms with Gasteiger partial charge in [0.05, 0.1) is 15.6 Å². The van der Waals surface area contributed by atoms with Gasteiger partial charge in [0.25, 0.3) is 0 Å². The highest BCUT2D eigenvalue weighted by Gasteiger charge is 2.33. The summed E-state index contributed by atoms with van der Waals surface area (Å²) in [5.41, 5.74) is 2.78. The standard InChI is InChI=1S/C27H19BrO5/c28-19-10-9-17-20(29)11-12-22(31)26(17)27(19)33-23-14-13-21(30)25-18(23)7-4-8-24(25)32-15-16-5-2-1-3-6-16/h1-12,23H,13-15H2/t23-/m0/s1. The number of ketones is 3. The summed E-state index contributed by atoms with van der Waals surface area (Å²) < 4.78 is 12.9. The number of hydrogen-bond donors (Lipinski definition) is 0. The van der Waals surface area contributed by atoms with E-state index in [1.54, 1.807) is 18.2 Å². The van der Waals surface area contributed by atoms with E-state index in [0.29, 0.717) is 52.1 Å². The Bertz CT molecular complexity index is 1310. The Balaban J connectivity index is 1.49. The van der Waals surface area contributed by atoms with E-state index in [9.17, 15) is 14.4 Å². The number of allylic oxidation sites excluding steroid dienone is 2. The third-order valence-electron chi connectivity index (χ3n) is 5.82. The number of ether oxygens (including phenoxy) is 2. The Labute approximate surface area is 199 Å². The highest BCUT2D eigenvalue weighted by atomic mass is 79.9. The van der Waals surface area contributed by atoms with E-state index in [1.165, 1.54) is 12.2 Å². The lowest BCUT2D eigenvalue weighted by molar-refractivity contribution is 0.0906. The van der Waals surface area contributed by atoms with Crippen LogP contribution in [0.2, 0.25) is 0 Å². The van der Waals surface area contributed by atoms with Crippen molar-refractivity contribution in [2.75, 3.05) is 0 Å². The van der Waals surface area contributed by atoms with Gasteiger partial charge in [-0.15, -0.1) is 0 Å². The highest BCUT2D eigenvalue weighted by molar-refractivity contribution is 9.10. The van der Waals surface area contributed by atoms with Crippen molar-refractivity contribution in [1.29, 1.82) is 0 Å². The van der Waals surface area contributed by atoms with Crippen molar-refractivity contribution in [3.8, 4) is 11.5 Å². The van der Waals surface area contributed by atoms with Crippen LogP contribution in [0.3, 0.4) is 0 Å². The molecule has 1 atom stereocenters. The zero-order valence-corrected chi connectivity index (χ0v) is 19.1. The van der Waals surface area contributed by atoms with Gasteiger partial charge in [-0.1, -0.05) is 42.5 Å². The Kier molecular flexibility index (Phi) is 5.68. The predicted octanol–water partition coefficient (Wildman–Crippen LogP) is 6.06. The zero-order chi connectivity index (χ0) is 22.9. The molecule has 3 aromatic rings. The van der Waals surface area contributed by atoms with Crippen LogP contribution < -0.4 is 9.47 Å². The number of carbonyl (C=O) groups is 3. The second kappa shape index (κ2) is 8.79. The SMILES string of the molecule is O=C1C=CC(=O)c2c1ccc(Br)c2O[C@H]1CCC(=O)c2c(OCc3ccccc3)cccc21. The summed E-state index contributed by atoms with van der Waals surface area (Å²) in [5, 5.41) is 0. The van der Waals surface area contributed by atoms with Crippen molar-refractivity contribution in [3.63, 3.8) is 0 Å². The molecule has 3 aromatic carbocycles. The molecule has 164 valence electrons. The fourth-order valence-electron chi connectivity index (χ4n) is 4.22. The van der Waals surface area contributed by atoms with E-state index < -0.39 is 6.10 Å². The van der Waals surface area contributed by atoms with Gasteiger partial charge in [-0.3, -0.25) is 14.4 Å². The van der Waals surface area contributed by atoms with Crippen molar-refractivity contribution in [3.05, 3.63) is 105 Å². The number of benzene rings is 3. The first-order valence-electron chi connectivity index (χ1n) is 10.6. The number of Topliss-reactive ketones (excluding diaryl/α,β-unsaturated/α-hetero) is 1. The van der Waals surface area contributed by atoms with Gasteiger partial charge >= 0.3 is 0 Å². The minimum absolute atomic E-state index is 0.00291. The lowest BCUT2D eigenvalue weighted by Crippen LogP contribution is -2.22. The van der Waals surface area contributed by atoms with Gasteiger partial charge in [0, 0.05) is 17.5 Å². The van der Waals surface area contributed by atoms with Gasteiger partial charge in [-0.05, 0) is 58.3 Å². The quantitative estimate of drug-likeness (QED) is 0.424. The summed E-state index contributed by atoms with van der Waals surface area (Å²) in [6.07, 6.45) is 2.82. The van der Waals surface area contributed by atoms with Crippen LogP contribution in [0.25, 0.3) is 0 Å². The molecule has 0 fully saturated rings. The van der Waals surface area contributed by atoms with E-state index in [0.717, 1.165) is 5.56 Å². The molecule has 0 saturated heterocycles. The molecule has 0 heterocycles. The fraction of sp³-hybridized carbons (Fsp3) is 0.148. The molecule has 0 unspecified atom stereocenters. The van der Waals surface area contributed by atoms with Crippen LogP contribution in [0.4, 0.5) is 0 Å². The van der Waals surface area contributed by atoms with Gasteiger partial charge < -0.3 is 9.47 Å². The lowest BCUT2D eigenvalue weighted by Gasteiger charge is -2.28. The Morgan fingerprint density at radius 3 is 2.45 bits per heavy atom. The van der Waals surface area contributed by atoms with Crippen molar-refractivity contribution < 1.29 is 23.9 Å². The molecule has 5 rings (SSSR count). The number of rotatable bonds is 5. The molecule has 0 N–H and O–H groups in total. The summed E-state index contributed by atoms with van der Waals surface area (Å²) in [4.78, 5) is 37.8. The van der Waals surface area contributed by atoms with E-state index in [-0.39, 0.29) is 22.9 Å². The van der Waals surface area contributed by atoms with Gasteiger partial charge in [0.1, 0.15) is 24.2 Å². The molecule has 0 amide bonds. The van der Waals surface area contributed by atoms with E-state index in [1.807, 2.05) is 42.5 Å². The maximum absolute atomic E-state index is 12.9. The van der Waals surface area contributed by atoms with Crippen LogP contribution in [-0.4, -0.2) is 17.3 Å². The maximum Gasteiger partial charge on any atom is 0.190 e. The third-order valence-corrected chi connectivity index (χ3v) is 6.45. The maximum atomic E-state index is 12.9. The molecule has 0 saturated carbocycles. The first-order chi connectivity index (χ1) is 16.0. The van der Waals surface area contributed by atoms with Gasteiger partial charge in [0.15, 0.2) is 17.3 Å². The molecule has 0 radical (unpaired) electrons. The van der Waals surface area contributed by atoms with E-state index >= 15 is 0 Å². The van der Waals surface area contributed by atoms with Crippen LogP contribution in [0.15, 0.2) is 77.3 Å². The zero-order valence-electron chi connectivity index (χ0n) is 17.5. The average Bonchev–Trinajstić information content (AvgIpc) is 2.83. The van der Waals surface area contributed by atoms with Crippen LogP contribution in [0, 0.1) is 0 Å². The highest BCUT2D eigenvalue weighted by Crippen LogP contribution is 2.42. The van der Waals surface area contributed by atoms with Crippen LogP contribution in [0.1, 0.15) is 61.1 Å². The largest absolute Gasteiger partial charge is 0.488 e. The van der Waals surface area contributed by atoms with Crippen LogP contribution in [-0.2, 0) is 6.61 Å². The number of hydrogen-bond acceptors (Lipinski definition) is 5. The summed E-state index contributed by atoms with van der Waals surface area (Å²) in [7, 11) is 0. The second-order valence-electron chi connectivity index (χ2n) is 7.92. The molecule has 6 heteroatoms. The van der Waals surface area contributed by atoms with Crippen LogP contribution in [0.5, 0.6) is 11.5 Å². The lowest BCUT2D eigenvalue weighted by atomic mass is 9.87. The molecule has 2 aliphatic rings. The Morgan fingerprint density at radius 2 is 1.64 bits per heavy atom. The molecule has 0 aromatic heterocycles. The van der Waals surface area contributed by atoms with Gasteiger partial charge in [0.2, 0.25) is 0 Å². The van der Waals surface area contributed by atoms with E-state index in [4.69, 9.17) is 9.47 Å². The summed E-state index contributed by atoms with van der Waals surface area (Å²) in [6, 6.07) is 18.5. The second-order valence-corrected chi connectivity index (χ2v) is 8.78. The Morgan fingerprint density at radius 1 is 0.848 bits per heavy atom. The predicted molar refractivity (Wildman–Crippen MR) is 126 cm³/mol. The number of carbonyl (C=O) groups excluding carboxylic acids is 3. The van der Waals surface area contributed by atoms with Crippen LogP contribution >= 0.6 is 15.9 Å². The molecule has 0 aliphatic heterocycles. The first-order valence-corrected chi connectivity index (χ1v) is 11.4. The minimum Gasteiger partial charge on any atom is -0.488 e. The first kappa shape index (κ1) is 21.3. The number of halogens is 1. The summed E-state index contributed by atoms with van der Waals surface area (Å²) in [5.74, 6) is 0.302. The van der Waals surface area contributed by atoms with Crippen molar-refractivity contribution in [2.45, 2.75) is 25.6 Å². The molecule has 5 nitrogen and oxygen atoms in total.